The maximum Gasteiger partial charge on any atom is 0.0857 e. The van der Waals surface area contributed by atoms with E-state index in [9.17, 15) is 5.26 Å². The monoisotopic (exact) mass is 230 g/mol. The molecule has 2 heteroatoms. The molecule has 0 saturated heterocycles. The van der Waals surface area contributed by atoms with Crippen molar-refractivity contribution in [1.82, 2.24) is 4.90 Å². The van der Waals surface area contributed by atoms with Crippen molar-refractivity contribution in [2.24, 2.45) is 5.92 Å². The largest absolute Gasteiger partial charge is 0.309 e. The van der Waals surface area contributed by atoms with Gasteiger partial charge >= 0.3 is 0 Å². The molecule has 1 unspecified atom stereocenters. The number of benzene rings is 1. The molecule has 0 aliphatic rings. The average Bonchev–Trinajstić information content (AvgIpc) is 2.31. The van der Waals surface area contributed by atoms with Crippen LogP contribution in [-0.4, -0.2) is 25.5 Å². The molecule has 0 aliphatic heterocycles. The number of hydrogen-bond acceptors (Lipinski definition) is 2. The van der Waals surface area contributed by atoms with Gasteiger partial charge in [-0.3, -0.25) is 0 Å². The Morgan fingerprint density at radius 2 is 1.82 bits per heavy atom. The van der Waals surface area contributed by atoms with E-state index in [0.717, 1.165) is 18.5 Å². The van der Waals surface area contributed by atoms with Crippen LogP contribution in [0.2, 0.25) is 0 Å². The second kappa shape index (κ2) is 5.84. The molecule has 0 heterocycles. The minimum atomic E-state index is -0.370. The number of hydrogen-bond donors (Lipinski definition) is 0. The van der Waals surface area contributed by atoms with Crippen LogP contribution in [0.25, 0.3) is 0 Å². The van der Waals surface area contributed by atoms with Crippen molar-refractivity contribution in [1.29, 1.82) is 5.26 Å². The lowest BCUT2D eigenvalue weighted by Gasteiger charge is -2.32. The molecule has 2 nitrogen and oxygen atoms in total. The third-order valence-corrected chi connectivity index (χ3v) is 3.43. The summed E-state index contributed by atoms with van der Waals surface area (Å²) in [6, 6.07) is 12.7. The fourth-order valence-corrected chi connectivity index (χ4v) is 2.15. The van der Waals surface area contributed by atoms with E-state index in [0.29, 0.717) is 5.92 Å². The SMILES string of the molecule is CC(C)C(C#N)(CCN(C)C)c1ccccc1. The number of nitrogens with zero attached hydrogens (tertiary/aromatic N) is 2. The molecular formula is C15H22N2. The summed E-state index contributed by atoms with van der Waals surface area (Å²) in [5.74, 6) is 0.315. The third-order valence-electron chi connectivity index (χ3n) is 3.43. The van der Waals surface area contributed by atoms with E-state index in [1.54, 1.807) is 0 Å². The van der Waals surface area contributed by atoms with Gasteiger partial charge in [-0.25, -0.2) is 0 Å². The van der Waals surface area contributed by atoms with Crippen LogP contribution < -0.4 is 0 Å². The minimum absolute atomic E-state index is 0.315. The fraction of sp³-hybridized carbons (Fsp3) is 0.533. The Hall–Kier alpha value is -1.33. The summed E-state index contributed by atoms with van der Waals surface area (Å²) in [6.07, 6.45) is 0.873. The molecule has 0 N–H and O–H groups in total. The third kappa shape index (κ3) is 3.08. The van der Waals surface area contributed by atoms with E-state index in [1.165, 1.54) is 0 Å². The van der Waals surface area contributed by atoms with Gasteiger partial charge in [-0.05, 0) is 38.5 Å². The fourth-order valence-electron chi connectivity index (χ4n) is 2.15. The van der Waals surface area contributed by atoms with E-state index >= 15 is 0 Å². The smallest absolute Gasteiger partial charge is 0.0857 e. The summed E-state index contributed by atoms with van der Waals surface area (Å²) in [4.78, 5) is 2.14. The second-order valence-electron chi connectivity index (χ2n) is 5.16. The molecule has 1 rings (SSSR count). The summed E-state index contributed by atoms with van der Waals surface area (Å²) >= 11 is 0. The van der Waals surface area contributed by atoms with Crippen LogP contribution in [0.3, 0.4) is 0 Å². The van der Waals surface area contributed by atoms with Crippen molar-refractivity contribution >= 4 is 0 Å². The zero-order valence-corrected chi connectivity index (χ0v) is 11.3. The van der Waals surface area contributed by atoms with Crippen molar-refractivity contribution in [3.05, 3.63) is 35.9 Å². The van der Waals surface area contributed by atoms with Crippen molar-refractivity contribution < 1.29 is 0 Å². The predicted octanol–water partition coefficient (Wildman–Crippen LogP) is 3.06. The molecule has 92 valence electrons. The van der Waals surface area contributed by atoms with Gasteiger partial charge in [0.25, 0.3) is 0 Å². The highest BCUT2D eigenvalue weighted by Gasteiger charge is 2.35. The normalized spacial score (nSPS) is 14.6. The molecule has 0 fully saturated rings. The van der Waals surface area contributed by atoms with Gasteiger partial charge in [-0.15, -0.1) is 0 Å². The Morgan fingerprint density at radius 1 is 1.24 bits per heavy atom. The standard InChI is InChI=1S/C15H22N2/c1-13(2)15(12-16,10-11-17(3)4)14-8-6-5-7-9-14/h5-9,13H,10-11H2,1-4H3. The molecular weight excluding hydrogens is 208 g/mol. The van der Waals surface area contributed by atoms with Crippen LogP contribution in [0.15, 0.2) is 30.3 Å². The van der Waals surface area contributed by atoms with Gasteiger partial charge in [0.15, 0.2) is 0 Å². The quantitative estimate of drug-likeness (QED) is 0.777. The summed E-state index contributed by atoms with van der Waals surface area (Å²) in [7, 11) is 4.10. The Morgan fingerprint density at radius 3 is 2.24 bits per heavy atom. The first-order valence-electron chi connectivity index (χ1n) is 6.14. The van der Waals surface area contributed by atoms with Gasteiger partial charge in [0.05, 0.1) is 11.5 Å². The molecule has 0 spiro atoms. The molecule has 0 aliphatic carbocycles. The van der Waals surface area contributed by atoms with Gasteiger partial charge in [0.1, 0.15) is 0 Å². The zero-order chi connectivity index (χ0) is 12.9. The summed E-state index contributed by atoms with van der Waals surface area (Å²) < 4.78 is 0. The molecule has 0 bridgehead atoms. The van der Waals surface area contributed by atoms with Crippen LogP contribution in [0.1, 0.15) is 25.8 Å². The molecule has 0 saturated carbocycles. The topological polar surface area (TPSA) is 27.0 Å². The summed E-state index contributed by atoms with van der Waals surface area (Å²) in [6.45, 7) is 5.19. The highest BCUT2D eigenvalue weighted by Crippen LogP contribution is 2.35. The maximum absolute atomic E-state index is 9.64. The number of nitriles is 1. The van der Waals surface area contributed by atoms with Crippen LogP contribution in [-0.2, 0) is 5.41 Å². The van der Waals surface area contributed by atoms with Crippen molar-refractivity contribution in [3.63, 3.8) is 0 Å². The van der Waals surface area contributed by atoms with Crippen LogP contribution in [0.4, 0.5) is 0 Å². The average molecular weight is 230 g/mol. The summed E-state index contributed by atoms with van der Waals surface area (Å²) in [5, 5.41) is 9.64. The van der Waals surface area contributed by atoms with Crippen LogP contribution in [0, 0.1) is 17.2 Å². The van der Waals surface area contributed by atoms with E-state index in [-0.39, 0.29) is 5.41 Å². The molecule has 0 amide bonds. The zero-order valence-electron chi connectivity index (χ0n) is 11.3. The lowest BCUT2D eigenvalue weighted by atomic mass is 9.70. The first-order chi connectivity index (χ1) is 8.03. The lowest BCUT2D eigenvalue weighted by Crippen LogP contribution is -2.34. The molecule has 0 radical (unpaired) electrons. The second-order valence-corrected chi connectivity index (χ2v) is 5.16. The van der Waals surface area contributed by atoms with E-state index in [1.807, 2.05) is 32.3 Å². The van der Waals surface area contributed by atoms with Crippen molar-refractivity contribution in [3.8, 4) is 6.07 Å². The highest BCUT2D eigenvalue weighted by atomic mass is 15.0. The first-order valence-corrected chi connectivity index (χ1v) is 6.14. The van der Waals surface area contributed by atoms with E-state index in [4.69, 9.17) is 0 Å². The maximum atomic E-state index is 9.64. The minimum Gasteiger partial charge on any atom is -0.309 e. The van der Waals surface area contributed by atoms with Gasteiger partial charge in [-0.1, -0.05) is 44.2 Å². The molecule has 1 aromatic carbocycles. The van der Waals surface area contributed by atoms with Gasteiger partial charge in [-0.2, -0.15) is 5.26 Å². The molecule has 1 aromatic rings. The first kappa shape index (κ1) is 13.7. The molecule has 1 atom stereocenters. The Bertz CT molecular complexity index is 376. The Kier molecular flexibility index (Phi) is 4.72. The van der Waals surface area contributed by atoms with Gasteiger partial charge in [0, 0.05) is 0 Å². The van der Waals surface area contributed by atoms with E-state index < -0.39 is 0 Å². The van der Waals surface area contributed by atoms with Gasteiger partial charge in [0.2, 0.25) is 0 Å². The van der Waals surface area contributed by atoms with Crippen LogP contribution in [0.5, 0.6) is 0 Å². The van der Waals surface area contributed by atoms with E-state index in [2.05, 4.69) is 36.9 Å². The van der Waals surface area contributed by atoms with Crippen molar-refractivity contribution in [2.75, 3.05) is 20.6 Å². The van der Waals surface area contributed by atoms with Crippen LogP contribution >= 0.6 is 0 Å². The molecule has 17 heavy (non-hydrogen) atoms. The number of rotatable bonds is 5. The molecule has 0 aromatic heterocycles. The Labute approximate surface area is 105 Å². The Balaban J connectivity index is 3.06. The van der Waals surface area contributed by atoms with Gasteiger partial charge < -0.3 is 4.90 Å². The predicted molar refractivity (Wildman–Crippen MR) is 71.7 cm³/mol. The lowest BCUT2D eigenvalue weighted by molar-refractivity contribution is 0.303. The summed E-state index contributed by atoms with van der Waals surface area (Å²) in [5.41, 5.74) is 0.769. The highest BCUT2D eigenvalue weighted by molar-refractivity contribution is 5.33. The van der Waals surface area contributed by atoms with Crippen molar-refractivity contribution in [2.45, 2.75) is 25.7 Å².